The monoisotopic (exact) mass is 200 g/mol. The van der Waals surface area contributed by atoms with Gasteiger partial charge in [-0.2, -0.15) is 0 Å². The number of aliphatic hydroxyl groups excluding tert-OH is 1. The molecular weight excluding hydrogens is 188 g/mol. The van der Waals surface area contributed by atoms with Gasteiger partial charge in [-0.15, -0.1) is 0 Å². The Morgan fingerprint density at radius 1 is 0.867 bits per heavy atom. The highest BCUT2D eigenvalue weighted by atomic mass is 16.3. The molecule has 2 aromatic rings. The van der Waals surface area contributed by atoms with Crippen LogP contribution in [0.4, 0.5) is 0 Å². The molecule has 2 heteroatoms. The number of phenolic OH excluding ortho intramolecular Hbond substituents is 1. The highest BCUT2D eigenvalue weighted by Crippen LogP contribution is 2.32. The van der Waals surface area contributed by atoms with E-state index in [-0.39, 0.29) is 12.4 Å². The van der Waals surface area contributed by atoms with Crippen molar-refractivity contribution in [2.75, 3.05) is 0 Å². The number of aromatic hydroxyl groups is 1. The molecule has 0 atom stereocenters. The zero-order chi connectivity index (χ0) is 10.7. The summed E-state index contributed by atoms with van der Waals surface area (Å²) in [7, 11) is 0. The van der Waals surface area contributed by atoms with Gasteiger partial charge in [-0.3, -0.25) is 0 Å². The molecule has 0 unspecified atom stereocenters. The number of hydrogen-bond donors (Lipinski definition) is 2. The minimum absolute atomic E-state index is 0.0708. The highest BCUT2D eigenvalue weighted by Gasteiger charge is 2.08. The molecule has 0 saturated heterocycles. The number of rotatable bonds is 2. The average molecular weight is 200 g/mol. The smallest absolute Gasteiger partial charge is 0.123 e. The van der Waals surface area contributed by atoms with E-state index in [2.05, 4.69) is 0 Å². The van der Waals surface area contributed by atoms with E-state index in [0.29, 0.717) is 5.56 Å². The maximum Gasteiger partial charge on any atom is 0.123 e. The SMILES string of the molecule is OCc1cccc(O)c1-c1ccccc1. The van der Waals surface area contributed by atoms with Gasteiger partial charge >= 0.3 is 0 Å². The van der Waals surface area contributed by atoms with Crippen LogP contribution in [0, 0.1) is 0 Å². The summed E-state index contributed by atoms with van der Waals surface area (Å²) in [5.41, 5.74) is 2.36. The van der Waals surface area contributed by atoms with Gasteiger partial charge < -0.3 is 10.2 Å². The quantitative estimate of drug-likeness (QED) is 0.782. The molecule has 2 aromatic carbocycles. The van der Waals surface area contributed by atoms with Crippen molar-refractivity contribution >= 4 is 0 Å². The van der Waals surface area contributed by atoms with Crippen LogP contribution in [0.2, 0.25) is 0 Å². The third kappa shape index (κ3) is 1.85. The minimum atomic E-state index is -0.0708. The van der Waals surface area contributed by atoms with Gasteiger partial charge in [0.1, 0.15) is 5.75 Å². The molecule has 0 aliphatic carbocycles. The number of hydrogen-bond acceptors (Lipinski definition) is 2. The second-order valence-electron chi connectivity index (χ2n) is 3.34. The third-order valence-electron chi connectivity index (χ3n) is 2.36. The predicted octanol–water partition coefficient (Wildman–Crippen LogP) is 2.55. The first kappa shape index (κ1) is 9.74. The van der Waals surface area contributed by atoms with Crippen LogP contribution in [-0.4, -0.2) is 10.2 Å². The van der Waals surface area contributed by atoms with Crippen LogP contribution in [-0.2, 0) is 6.61 Å². The van der Waals surface area contributed by atoms with Gasteiger partial charge in [0.15, 0.2) is 0 Å². The molecule has 0 amide bonds. The van der Waals surface area contributed by atoms with Crippen LogP contribution in [0.1, 0.15) is 5.56 Å². The van der Waals surface area contributed by atoms with Crippen LogP contribution >= 0.6 is 0 Å². The van der Waals surface area contributed by atoms with Gasteiger partial charge in [0.05, 0.1) is 6.61 Å². The predicted molar refractivity (Wildman–Crippen MR) is 59.5 cm³/mol. The van der Waals surface area contributed by atoms with E-state index in [1.807, 2.05) is 36.4 Å². The van der Waals surface area contributed by atoms with E-state index in [1.165, 1.54) is 0 Å². The number of aliphatic hydroxyl groups is 1. The Kier molecular flexibility index (Phi) is 2.70. The van der Waals surface area contributed by atoms with Crippen LogP contribution in [0.25, 0.3) is 11.1 Å². The van der Waals surface area contributed by atoms with Gasteiger partial charge in [-0.05, 0) is 17.2 Å². The first-order chi connectivity index (χ1) is 7.33. The molecule has 0 bridgehead atoms. The Labute approximate surface area is 88.4 Å². The molecule has 2 N–H and O–H groups in total. The molecule has 0 spiro atoms. The Hall–Kier alpha value is -1.80. The summed E-state index contributed by atoms with van der Waals surface area (Å²) < 4.78 is 0. The summed E-state index contributed by atoms with van der Waals surface area (Å²) in [5.74, 6) is 0.202. The zero-order valence-corrected chi connectivity index (χ0v) is 8.22. The van der Waals surface area contributed by atoms with Gasteiger partial charge in [0.2, 0.25) is 0 Å². The van der Waals surface area contributed by atoms with Crippen molar-refractivity contribution in [2.45, 2.75) is 6.61 Å². The average Bonchev–Trinajstić information content (AvgIpc) is 2.29. The van der Waals surface area contributed by atoms with Gasteiger partial charge in [0.25, 0.3) is 0 Å². The van der Waals surface area contributed by atoms with Crippen molar-refractivity contribution < 1.29 is 10.2 Å². The van der Waals surface area contributed by atoms with Crippen molar-refractivity contribution in [3.8, 4) is 16.9 Å². The van der Waals surface area contributed by atoms with Crippen LogP contribution < -0.4 is 0 Å². The molecule has 0 aliphatic rings. The first-order valence-electron chi connectivity index (χ1n) is 4.80. The van der Waals surface area contributed by atoms with Crippen molar-refractivity contribution in [3.05, 3.63) is 54.1 Å². The Bertz CT molecular complexity index is 449. The second-order valence-corrected chi connectivity index (χ2v) is 3.34. The van der Waals surface area contributed by atoms with E-state index in [1.54, 1.807) is 12.1 Å². The topological polar surface area (TPSA) is 40.5 Å². The Morgan fingerprint density at radius 2 is 1.60 bits per heavy atom. The maximum atomic E-state index is 9.76. The lowest BCUT2D eigenvalue weighted by Crippen LogP contribution is -1.89. The lowest BCUT2D eigenvalue weighted by molar-refractivity contribution is 0.282. The van der Waals surface area contributed by atoms with Crippen molar-refractivity contribution in [2.24, 2.45) is 0 Å². The van der Waals surface area contributed by atoms with E-state index in [4.69, 9.17) is 0 Å². The van der Waals surface area contributed by atoms with Crippen LogP contribution in [0.3, 0.4) is 0 Å². The third-order valence-corrected chi connectivity index (χ3v) is 2.36. The molecular formula is C13H12O2. The largest absolute Gasteiger partial charge is 0.507 e. The fourth-order valence-electron chi connectivity index (χ4n) is 1.66. The summed E-state index contributed by atoms with van der Waals surface area (Å²) in [6, 6.07) is 14.7. The highest BCUT2D eigenvalue weighted by molar-refractivity contribution is 5.73. The second kappa shape index (κ2) is 4.15. The molecule has 2 rings (SSSR count). The molecule has 76 valence electrons. The Balaban J connectivity index is 2.61. The minimum Gasteiger partial charge on any atom is -0.507 e. The number of phenols is 1. The molecule has 0 aromatic heterocycles. The van der Waals surface area contributed by atoms with E-state index < -0.39 is 0 Å². The fourth-order valence-corrected chi connectivity index (χ4v) is 1.66. The molecule has 2 nitrogen and oxygen atoms in total. The van der Waals surface area contributed by atoms with Crippen LogP contribution in [0.5, 0.6) is 5.75 Å². The standard InChI is InChI=1S/C13H12O2/c14-9-11-7-4-8-12(15)13(11)10-5-2-1-3-6-10/h1-8,14-15H,9H2. The summed E-state index contributed by atoms with van der Waals surface area (Å²) in [6.45, 7) is -0.0708. The lowest BCUT2D eigenvalue weighted by Gasteiger charge is -2.09. The normalized spacial score (nSPS) is 10.2. The van der Waals surface area contributed by atoms with Gasteiger partial charge in [-0.25, -0.2) is 0 Å². The molecule has 0 saturated carbocycles. The summed E-state index contributed by atoms with van der Waals surface area (Å²) in [5, 5.41) is 19.0. The van der Waals surface area contributed by atoms with Crippen molar-refractivity contribution in [1.82, 2.24) is 0 Å². The lowest BCUT2D eigenvalue weighted by atomic mass is 9.99. The number of benzene rings is 2. The zero-order valence-electron chi connectivity index (χ0n) is 8.22. The fraction of sp³-hybridized carbons (Fsp3) is 0.0769. The summed E-state index contributed by atoms with van der Waals surface area (Å²) >= 11 is 0. The maximum absolute atomic E-state index is 9.76. The summed E-state index contributed by atoms with van der Waals surface area (Å²) in [4.78, 5) is 0. The van der Waals surface area contributed by atoms with Gasteiger partial charge in [-0.1, -0.05) is 42.5 Å². The molecule has 0 heterocycles. The van der Waals surface area contributed by atoms with Crippen molar-refractivity contribution in [1.29, 1.82) is 0 Å². The van der Waals surface area contributed by atoms with Crippen LogP contribution in [0.15, 0.2) is 48.5 Å². The first-order valence-corrected chi connectivity index (χ1v) is 4.80. The molecule has 0 fully saturated rings. The summed E-state index contributed by atoms with van der Waals surface area (Å²) in [6.07, 6.45) is 0. The van der Waals surface area contributed by atoms with E-state index in [9.17, 15) is 10.2 Å². The van der Waals surface area contributed by atoms with Crippen molar-refractivity contribution in [3.63, 3.8) is 0 Å². The molecule has 0 aliphatic heterocycles. The molecule has 0 radical (unpaired) electrons. The van der Waals surface area contributed by atoms with Gasteiger partial charge in [0, 0.05) is 5.56 Å². The van der Waals surface area contributed by atoms with E-state index >= 15 is 0 Å². The molecule has 15 heavy (non-hydrogen) atoms. The van der Waals surface area contributed by atoms with E-state index in [0.717, 1.165) is 11.1 Å². The Morgan fingerprint density at radius 3 is 2.27 bits per heavy atom.